The van der Waals surface area contributed by atoms with Crippen LogP contribution in [0.5, 0.6) is 11.5 Å². The first-order valence-corrected chi connectivity index (χ1v) is 5.89. The fourth-order valence-corrected chi connectivity index (χ4v) is 1.68. The van der Waals surface area contributed by atoms with E-state index < -0.39 is 18.2 Å². The molecule has 1 rings (SSSR count). The van der Waals surface area contributed by atoms with Crippen LogP contribution in [0.3, 0.4) is 0 Å². The van der Waals surface area contributed by atoms with Gasteiger partial charge in [-0.3, -0.25) is 0 Å². The molecule has 1 aromatic carbocycles. The summed E-state index contributed by atoms with van der Waals surface area (Å²) in [6.45, 7) is 1.67. The molecule has 0 heterocycles. The molecule has 0 saturated heterocycles. The molecule has 7 heteroatoms. The van der Waals surface area contributed by atoms with Crippen LogP contribution in [0.2, 0.25) is 5.02 Å². The number of aliphatic hydroxyl groups is 2. The standard InChI is InChI=1S/C12H15ClO6/c1-3-19-12(17)11(16)9(14)6-4-7(13)10(15)8(5-6)18-2/h4-5,9,11,14-16H,3H2,1-2H3. The molecule has 0 aliphatic rings. The number of aliphatic hydroxyl groups excluding tert-OH is 2. The van der Waals surface area contributed by atoms with Gasteiger partial charge in [0.05, 0.1) is 18.7 Å². The lowest BCUT2D eigenvalue weighted by Gasteiger charge is -2.18. The number of hydrogen-bond acceptors (Lipinski definition) is 6. The molecular formula is C12H15ClO6. The first kappa shape index (κ1) is 15.6. The zero-order chi connectivity index (χ0) is 14.6. The second-order valence-corrected chi connectivity index (χ2v) is 4.10. The Morgan fingerprint density at radius 2 is 2.05 bits per heavy atom. The van der Waals surface area contributed by atoms with E-state index in [0.717, 1.165) is 0 Å². The topological polar surface area (TPSA) is 96.2 Å². The largest absolute Gasteiger partial charge is 0.503 e. The number of rotatable bonds is 5. The number of phenolic OH excluding ortho intramolecular Hbond substituents is 1. The van der Waals surface area contributed by atoms with E-state index >= 15 is 0 Å². The average molecular weight is 291 g/mol. The van der Waals surface area contributed by atoms with Gasteiger partial charge in [-0.2, -0.15) is 0 Å². The van der Waals surface area contributed by atoms with Crippen LogP contribution >= 0.6 is 11.6 Å². The van der Waals surface area contributed by atoms with E-state index in [-0.39, 0.29) is 28.7 Å². The number of aromatic hydroxyl groups is 1. The molecule has 0 bridgehead atoms. The Kier molecular flexibility index (Phi) is 5.41. The van der Waals surface area contributed by atoms with Crippen LogP contribution in [0.15, 0.2) is 12.1 Å². The predicted molar refractivity (Wildman–Crippen MR) is 67.3 cm³/mol. The number of carbonyl (C=O) groups is 1. The lowest BCUT2D eigenvalue weighted by atomic mass is 10.0. The van der Waals surface area contributed by atoms with Gasteiger partial charge in [-0.05, 0) is 24.6 Å². The monoisotopic (exact) mass is 290 g/mol. The van der Waals surface area contributed by atoms with Gasteiger partial charge in [-0.1, -0.05) is 11.6 Å². The maximum Gasteiger partial charge on any atom is 0.338 e. The van der Waals surface area contributed by atoms with Gasteiger partial charge in [-0.25, -0.2) is 4.79 Å². The number of ether oxygens (including phenoxy) is 2. The summed E-state index contributed by atoms with van der Waals surface area (Å²) in [6, 6.07) is 2.50. The van der Waals surface area contributed by atoms with E-state index in [0.29, 0.717) is 0 Å². The molecule has 0 spiro atoms. The van der Waals surface area contributed by atoms with Crippen LogP contribution in [0, 0.1) is 0 Å². The van der Waals surface area contributed by atoms with Crippen molar-refractivity contribution in [3.05, 3.63) is 22.7 Å². The molecule has 0 aliphatic heterocycles. The van der Waals surface area contributed by atoms with E-state index in [4.69, 9.17) is 16.3 Å². The lowest BCUT2D eigenvalue weighted by Crippen LogP contribution is -2.29. The highest BCUT2D eigenvalue weighted by atomic mass is 35.5. The van der Waals surface area contributed by atoms with Gasteiger partial charge >= 0.3 is 5.97 Å². The van der Waals surface area contributed by atoms with Crippen LogP contribution in [0.4, 0.5) is 0 Å². The third-order valence-corrected chi connectivity index (χ3v) is 2.73. The third-order valence-electron chi connectivity index (χ3n) is 2.44. The van der Waals surface area contributed by atoms with Crippen molar-refractivity contribution in [1.29, 1.82) is 0 Å². The van der Waals surface area contributed by atoms with Crippen molar-refractivity contribution >= 4 is 17.6 Å². The zero-order valence-corrected chi connectivity index (χ0v) is 11.2. The zero-order valence-electron chi connectivity index (χ0n) is 10.5. The molecule has 2 unspecified atom stereocenters. The lowest BCUT2D eigenvalue weighted by molar-refractivity contribution is -0.159. The molecule has 6 nitrogen and oxygen atoms in total. The quantitative estimate of drug-likeness (QED) is 0.701. The molecule has 106 valence electrons. The molecule has 0 amide bonds. The second kappa shape index (κ2) is 6.60. The molecule has 0 saturated carbocycles. The number of carbonyl (C=O) groups excluding carboxylic acids is 1. The smallest absolute Gasteiger partial charge is 0.338 e. The van der Waals surface area contributed by atoms with Gasteiger partial charge in [-0.15, -0.1) is 0 Å². The van der Waals surface area contributed by atoms with E-state index in [2.05, 4.69) is 4.74 Å². The fraction of sp³-hybridized carbons (Fsp3) is 0.417. The number of esters is 1. The third kappa shape index (κ3) is 3.50. The maximum atomic E-state index is 11.3. The number of halogens is 1. The summed E-state index contributed by atoms with van der Waals surface area (Å²) in [7, 11) is 1.31. The molecule has 1 aromatic rings. The van der Waals surface area contributed by atoms with Crippen molar-refractivity contribution in [3.63, 3.8) is 0 Å². The van der Waals surface area contributed by atoms with Gasteiger partial charge in [0.15, 0.2) is 17.6 Å². The Morgan fingerprint density at radius 3 is 2.58 bits per heavy atom. The van der Waals surface area contributed by atoms with E-state index in [9.17, 15) is 20.1 Å². The normalized spacial score (nSPS) is 13.7. The molecular weight excluding hydrogens is 276 g/mol. The van der Waals surface area contributed by atoms with Crippen molar-refractivity contribution in [2.45, 2.75) is 19.1 Å². The fourth-order valence-electron chi connectivity index (χ4n) is 1.46. The highest BCUT2D eigenvalue weighted by Gasteiger charge is 2.28. The number of benzene rings is 1. The van der Waals surface area contributed by atoms with Gasteiger partial charge < -0.3 is 24.8 Å². The molecule has 0 aliphatic carbocycles. The van der Waals surface area contributed by atoms with Gasteiger partial charge in [0.25, 0.3) is 0 Å². The minimum Gasteiger partial charge on any atom is -0.503 e. The molecule has 0 fully saturated rings. The summed E-state index contributed by atoms with van der Waals surface area (Å²) in [4.78, 5) is 11.3. The maximum absolute atomic E-state index is 11.3. The Labute approximate surface area is 115 Å². The van der Waals surface area contributed by atoms with Crippen molar-refractivity contribution < 1.29 is 29.6 Å². The average Bonchev–Trinajstić information content (AvgIpc) is 2.40. The minimum absolute atomic E-state index is 0.0256. The van der Waals surface area contributed by atoms with Crippen LogP contribution in [-0.4, -0.2) is 41.1 Å². The van der Waals surface area contributed by atoms with Crippen molar-refractivity contribution in [2.24, 2.45) is 0 Å². The van der Waals surface area contributed by atoms with Crippen LogP contribution in [-0.2, 0) is 9.53 Å². The van der Waals surface area contributed by atoms with Gasteiger partial charge in [0, 0.05) is 0 Å². The molecule has 0 radical (unpaired) electrons. The Hall–Kier alpha value is -1.50. The summed E-state index contributed by atoms with van der Waals surface area (Å²) < 4.78 is 9.46. The summed E-state index contributed by atoms with van der Waals surface area (Å²) in [6.07, 6.45) is -3.28. The Bertz CT molecular complexity index is 462. The molecule has 0 aromatic heterocycles. The van der Waals surface area contributed by atoms with Crippen molar-refractivity contribution in [3.8, 4) is 11.5 Å². The van der Waals surface area contributed by atoms with Crippen LogP contribution in [0.1, 0.15) is 18.6 Å². The van der Waals surface area contributed by atoms with Crippen molar-refractivity contribution in [1.82, 2.24) is 0 Å². The Morgan fingerprint density at radius 1 is 1.42 bits per heavy atom. The van der Waals surface area contributed by atoms with E-state index in [1.165, 1.54) is 19.2 Å². The van der Waals surface area contributed by atoms with E-state index in [1.54, 1.807) is 6.92 Å². The predicted octanol–water partition coefficient (Wildman–Crippen LogP) is 1.01. The minimum atomic E-state index is -1.75. The van der Waals surface area contributed by atoms with Gasteiger partial charge in [0.2, 0.25) is 0 Å². The number of phenols is 1. The van der Waals surface area contributed by atoms with Gasteiger partial charge in [0.1, 0.15) is 6.10 Å². The second-order valence-electron chi connectivity index (χ2n) is 3.70. The molecule has 2 atom stereocenters. The van der Waals surface area contributed by atoms with Crippen LogP contribution < -0.4 is 4.74 Å². The first-order valence-electron chi connectivity index (χ1n) is 5.51. The van der Waals surface area contributed by atoms with Crippen LogP contribution in [0.25, 0.3) is 0 Å². The Balaban J connectivity index is 3.02. The summed E-state index contributed by atoms with van der Waals surface area (Å²) in [5, 5.41) is 29.0. The highest BCUT2D eigenvalue weighted by molar-refractivity contribution is 6.32. The van der Waals surface area contributed by atoms with Crippen molar-refractivity contribution in [2.75, 3.05) is 13.7 Å². The summed E-state index contributed by atoms with van der Waals surface area (Å²) >= 11 is 5.75. The number of hydrogen-bond donors (Lipinski definition) is 3. The first-order chi connectivity index (χ1) is 8.92. The highest BCUT2D eigenvalue weighted by Crippen LogP contribution is 2.37. The van der Waals surface area contributed by atoms with E-state index in [1.807, 2.05) is 0 Å². The molecule has 19 heavy (non-hydrogen) atoms. The molecule has 3 N–H and O–H groups in total. The SMILES string of the molecule is CCOC(=O)C(O)C(O)c1cc(Cl)c(O)c(OC)c1. The number of methoxy groups -OCH3 is 1. The summed E-state index contributed by atoms with van der Waals surface area (Å²) in [5.41, 5.74) is 0.125. The summed E-state index contributed by atoms with van der Waals surface area (Å²) in [5.74, 6) is -1.21.